The molecule has 144 valence electrons. The molecule has 8 heteroatoms. The smallest absolute Gasteiger partial charge is 0.266 e. The van der Waals surface area contributed by atoms with E-state index in [0.29, 0.717) is 24.4 Å². The minimum Gasteiger partial charge on any atom is -0.335 e. The van der Waals surface area contributed by atoms with Crippen molar-refractivity contribution < 1.29 is 13.2 Å². The van der Waals surface area contributed by atoms with Gasteiger partial charge in [-0.05, 0) is 13.3 Å². The Morgan fingerprint density at radius 3 is 2.48 bits per heavy atom. The van der Waals surface area contributed by atoms with Crippen LogP contribution in [0.25, 0.3) is 11.3 Å². The van der Waals surface area contributed by atoms with Gasteiger partial charge in [-0.3, -0.25) is 9.69 Å². The molecule has 27 heavy (non-hydrogen) atoms. The fourth-order valence-electron chi connectivity index (χ4n) is 3.86. The number of hydrogen-bond donors (Lipinski definition) is 0. The first-order valence-corrected chi connectivity index (χ1v) is 11.8. The number of aryl methyl sites for hydroxylation is 1. The summed E-state index contributed by atoms with van der Waals surface area (Å²) < 4.78 is 23.4. The Morgan fingerprint density at radius 1 is 1.15 bits per heavy atom. The van der Waals surface area contributed by atoms with Gasteiger partial charge in [-0.15, -0.1) is 11.3 Å². The number of hydrogen-bond acceptors (Lipinski definition) is 6. The molecule has 0 bridgehead atoms. The number of amides is 1. The van der Waals surface area contributed by atoms with E-state index < -0.39 is 9.84 Å². The second-order valence-electron chi connectivity index (χ2n) is 7.16. The second-order valence-corrected chi connectivity index (χ2v) is 10.6. The Bertz CT molecular complexity index is 932. The van der Waals surface area contributed by atoms with E-state index in [2.05, 4.69) is 9.88 Å². The monoisotopic (exact) mass is 405 g/mol. The molecule has 2 aromatic rings. The summed E-state index contributed by atoms with van der Waals surface area (Å²) in [6.45, 7) is 4.63. The summed E-state index contributed by atoms with van der Waals surface area (Å²) in [4.78, 5) is 22.5. The summed E-state index contributed by atoms with van der Waals surface area (Å²) in [6, 6.07) is 9.91. The van der Waals surface area contributed by atoms with Crippen LogP contribution in [0.5, 0.6) is 0 Å². The number of nitrogens with zero attached hydrogens (tertiary/aromatic N) is 3. The van der Waals surface area contributed by atoms with Crippen molar-refractivity contribution in [2.24, 2.45) is 0 Å². The van der Waals surface area contributed by atoms with E-state index in [1.165, 1.54) is 11.3 Å². The third kappa shape index (κ3) is 3.93. The van der Waals surface area contributed by atoms with Gasteiger partial charge >= 0.3 is 0 Å². The number of carbonyl (C=O) groups excluding carboxylic acids is 1. The van der Waals surface area contributed by atoms with Gasteiger partial charge in [-0.25, -0.2) is 13.4 Å². The fraction of sp³-hybridized carbons (Fsp3) is 0.474. The summed E-state index contributed by atoms with van der Waals surface area (Å²) in [5.74, 6) is 0.572. The summed E-state index contributed by atoms with van der Waals surface area (Å²) in [5.41, 5.74) is 1.72. The van der Waals surface area contributed by atoms with Crippen LogP contribution < -0.4 is 0 Å². The standard InChI is InChI=1S/C19H23N3O3S2/c1-14-20-17(15-5-3-2-4-6-15)18(26-14)19(23)22-10-8-21(9-11-22)16-7-12-27(24,25)13-16/h2-6,16H,7-13H2,1H3/t16-/m0/s1. The van der Waals surface area contributed by atoms with E-state index in [-0.39, 0.29) is 23.5 Å². The lowest BCUT2D eigenvalue weighted by molar-refractivity contribution is 0.0593. The van der Waals surface area contributed by atoms with Gasteiger partial charge in [-0.2, -0.15) is 0 Å². The number of thiazole rings is 1. The Kier molecular flexibility index (Phi) is 5.05. The van der Waals surface area contributed by atoms with Gasteiger partial charge in [0.15, 0.2) is 9.84 Å². The van der Waals surface area contributed by atoms with Crippen LogP contribution in [0.3, 0.4) is 0 Å². The number of rotatable bonds is 3. The predicted molar refractivity (Wildman–Crippen MR) is 107 cm³/mol. The Hall–Kier alpha value is -1.77. The lowest BCUT2D eigenvalue weighted by Crippen LogP contribution is -2.52. The van der Waals surface area contributed by atoms with Gasteiger partial charge in [0.2, 0.25) is 0 Å². The zero-order chi connectivity index (χ0) is 19.0. The Morgan fingerprint density at radius 2 is 1.85 bits per heavy atom. The SMILES string of the molecule is Cc1nc(-c2ccccc2)c(C(=O)N2CCN([C@H]3CCS(=O)(=O)C3)CC2)s1. The molecule has 4 rings (SSSR count). The van der Waals surface area contributed by atoms with Crippen molar-refractivity contribution >= 4 is 27.1 Å². The van der Waals surface area contributed by atoms with E-state index in [1.807, 2.05) is 42.2 Å². The van der Waals surface area contributed by atoms with Crippen LogP contribution in [0.2, 0.25) is 0 Å². The van der Waals surface area contributed by atoms with Crippen molar-refractivity contribution in [2.75, 3.05) is 37.7 Å². The van der Waals surface area contributed by atoms with E-state index in [0.717, 1.165) is 29.4 Å². The molecule has 1 amide bonds. The predicted octanol–water partition coefficient (Wildman–Crippen LogP) is 2.06. The van der Waals surface area contributed by atoms with Crippen molar-refractivity contribution in [3.63, 3.8) is 0 Å². The maximum atomic E-state index is 13.1. The van der Waals surface area contributed by atoms with Gasteiger partial charge in [0, 0.05) is 37.8 Å². The highest BCUT2D eigenvalue weighted by atomic mass is 32.2. The first-order chi connectivity index (χ1) is 12.9. The number of carbonyl (C=O) groups is 1. The van der Waals surface area contributed by atoms with E-state index in [9.17, 15) is 13.2 Å². The van der Waals surface area contributed by atoms with Crippen molar-refractivity contribution in [1.82, 2.24) is 14.8 Å². The van der Waals surface area contributed by atoms with Crippen LogP contribution in [0, 0.1) is 6.92 Å². The molecule has 0 radical (unpaired) electrons. The normalized spacial score (nSPS) is 22.9. The molecule has 1 aromatic carbocycles. The van der Waals surface area contributed by atoms with Gasteiger partial charge in [0.25, 0.3) is 5.91 Å². The third-order valence-electron chi connectivity index (χ3n) is 5.30. The quantitative estimate of drug-likeness (QED) is 0.782. The van der Waals surface area contributed by atoms with E-state index in [4.69, 9.17) is 0 Å². The molecular formula is C19H23N3O3S2. The minimum atomic E-state index is -2.88. The largest absolute Gasteiger partial charge is 0.335 e. The molecule has 0 saturated carbocycles. The molecule has 2 fully saturated rings. The maximum absolute atomic E-state index is 13.1. The molecule has 3 heterocycles. The summed E-state index contributed by atoms with van der Waals surface area (Å²) in [5, 5.41) is 0.881. The average molecular weight is 406 g/mol. The summed E-state index contributed by atoms with van der Waals surface area (Å²) >= 11 is 1.44. The van der Waals surface area contributed by atoms with Crippen molar-refractivity contribution in [2.45, 2.75) is 19.4 Å². The van der Waals surface area contributed by atoms with Crippen LogP contribution in [0.1, 0.15) is 21.1 Å². The third-order valence-corrected chi connectivity index (χ3v) is 8.01. The van der Waals surface area contributed by atoms with Crippen LogP contribution in [0.4, 0.5) is 0 Å². The Balaban J connectivity index is 1.46. The molecule has 0 aliphatic carbocycles. The molecule has 0 spiro atoms. The van der Waals surface area contributed by atoms with Gasteiger partial charge < -0.3 is 4.90 Å². The zero-order valence-corrected chi connectivity index (χ0v) is 16.9. The van der Waals surface area contributed by atoms with E-state index >= 15 is 0 Å². The van der Waals surface area contributed by atoms with Crippen LogP contribution >= 0.6 is 11.3 Å². The van der Waals surface area contributed by atoms with Crippen LogP contribution in [-0.4, -0.2) is 72.8 Å². The number of sulfone groups is 1. The summed E-state index contributed by atoms with van der Waals surface area (Å²) in [7, 11) is -2.88. The molecule has 2 aliphatic heterocycles. The van der Waals surface area contributed by atoms with Gasteiger partial charge in [0.05, 0.1) is 22.2 Å². The molecule has 2 aliphatic rings. The highest BCUT2D eigenvalue weighted by Crippen LogP contribution is 2.29. The topological polar surface area (TPSA) is 70.6 Å². The van der Waals surface area contributed by atoms with Gasteiger partial charge in [0.1, 0.15) is 4.88 Å². The maximum Gasteiger partial charge on any atom is 0.266 e. The number of piperazine rings is 1. The Labute approximate surface area is 163 Å². The minimum absolute atomic E-state index is 0.0261. The average Bonchev–Trinajstić information content (AvgIpc) is 3.24. The molecule has 2 saturated heterocycles. The summed E-state index contributed by atoms with van der Waals surface area (Å²) in [6.07, 6.45) is 0.711. The molecule has 1 aromatic heterocycles. The first-order valence-electron chi connectivity index (χ1n) is 9.19. The highest BCUT2D eigenvalue weighted by Gasteiger charge is 2.35. The number of benzene rings is 1. The van der Waals surface area contributed by atoms with Crippen LogP contribution in [0.15, 0.2) is 30.3 Å². The zero-order valence-electron chi connectivity index (χ0n) is 15.3. The lowest BCUT2D eigenvalue weighted by Gasteiger charge is -2.37. The van der Waals surface area contributed by atoms with Crippen LogP contribution in [-0.2, 0) is 9.84 Å². The second kappa shape index (κ2) is 7.33. The molecule has 0 unspecified atom stereocenters. The van der Waals surface area contributed by atoms with E-state index in [1.54, 1.807) is 0 Å². The van der Waals surface area contributed by atoms with Crippen molar-refractivity contribution in [3.05, 3.63) is 40.2 Å². The molecule has 6 nitrogen and oxygen atoms in total. The van der Waals surface area contributed by atoms with Gasteiger partial charge in [-0.1, -0.05) is 30.3 Å². The highest BCUT2D eigenvalue weighted by molar-refractivity contribution is 7.91. The molecule has 0 N–H and O–H groups in total. The molecular weight excluding hydrogens is 382 g/mol. The number of aromatic nitrogens is 1. The fourth-order valence-corrected chi connectivity index (χ4v) is 6.53. The lowest BCUT2D eigenvalue weighted by atomic mass is 10.1. The first kappa shape index (κ1) is 18.6. The molecule has 1 atom stereocenters. The van der Waals surface area contributed by atoms with Crippen molar-refractivity contribution in [1.29, 1.82) is 0 Å². The van der Waals surface area contributed by atoms with Crippen molar-refractivity contribution in [3.8, 4) is 11.3 Å².